The van der Waals surface area contributed by atoms with Crippen LogP contribution >= 0.6 is 0 Å². The average molecular weight is 294 g/mol. The third-order valence-corrected chi connectivity index (χ3v) is 4.95. The van der Waals surface area contributed by atoms with E-state index in [1.807, 2.05) is 6.07 Å². The molecule has 1 aromatic carbocycles. The third-order valence-electron chi connectivity index (χ3n) is 4.95. The zero-order chi connectivity index (χ0) is 15.4. The van der Waals surface area contributed by atoms with Gasteiger partial charge in [0.2, 0.25) is 0 Å². The van der Waals surface area contributed by atoms with E-state index in [4.69, 9.17) is 9.47 Å². The lowest BCUT2D eigenvalue weighted by Crippen LogP contribution is -3.16. The molecule has 4 atom stereocenters. The van der Waals surface area contributed by atoms with Crippen LogP contribution in [-0.4, -0.2) is 39.9 Å². The molecule has 1 aliphatic heterocycles. The summed E-state index contributed by atoms with van der Waals surface area (Å²) in [6, 6.07) is 7.69. The zero-order valence-corrected chi connectivity index (χ0v) is 14.0. The smallest absolute Gasteiger partial charge is 0.161 e. The minimum absolute atomic E-state index is 0.719. The molecule has 0 saturated carbocycles. The van der Waals surface area contributed by atoms with Crippen molar-refractivity contribution >= 4 is 0 Å². The summed E-state index contributed by atoms with van der Waals surface area (Å²) in [6.45, 7) is 7.01. The van der Waals surface area contributed by atoms with Crippen molar-refractivity contribution in [2.24, 2.45) is 5.92 Å². The summed E-state index contributed by atoms with van der Waals surface area (Å²) in [6.07, 6.45) is 1.29. The van der Waals surface area contributed by atoms with Crippen LogP contribution in [0.5, 0.6) is 11.5 Å². The Morgan fingerprint density at radius 3 is 2.57 bits per heavy atom. The zero-order valence-electron chi connectivity index (χ0n) is 14.0. The normalized spacial score (nSPS) is 29.2. The van der Waals surface area contributed by atoms with Crippen molar-refractivity contribution in [3.8, 4) is 11.5 Å². The molecule has 1 unspecified atom stereocenters. The average Bonchev–Trinajstić information content (AvgIpc) is 2.49. The standard InChI is InChI=1S/C17H28N2O2/c1-12-11-19(3)13(2)8-15(12)18-10-14-6-7-16(20-4)17(9-14)21-5/h6-7,9,12-13,15,18H,8,10-11H2,1-5H3/p+2/t12-,13-,15+/m1/s1. The van der Waals surface area contributed by atoms with Crippen LogP contribution in [0.15, 0.2) is 18.2 Å². The van der Waals surface area contributed by atoms with Crippen LogP contribution in [0.1, 0.15) is 25.8 Å². The Bertz CT molecular complexity index is 464. The first-order chi connectivity index (χ1) is 10.0. The second kappa shape index (κ2) is 7.14. The van der Waals surface area contributed by atoms with Crippen LogP contribution in [0.3, 0.4) is 0 Å². The Morgan fingerprint density at radius 1 is 1.19 bits per heavy atom. The van der Waals surface area contributed by atoms with Crippen LogP contribution in [0, 0.1) is 5.92 Å². The van der Waals surface area contributed by atoms with Gasteiger partial charge in [-0.25, -0.2) is 0 Å². The molecule has 4 nitrogen and oxygen atoms in total. The van der Waals surface area contributed by atoms with E-state index >= 15 is 0 Å². The topological polar surface area (TPSA) is 39.5 Å². The van der Waals surface area contributed by atoms with Gasteiger partial charge in [-0.15, -0.1) is 0 Å². The summed E-state index contributed by atoms with van der Waals surface area (Å²) in [7, 11) is 5.67. The molecule has 0 spiro atoms. The molecule has 2 rings (SSSR count). The Kier molecular flexibility index (Phi) is 5.48. The molecule has 118 valence electrons. The summed E-state index contributed by atoms with van der Waals surface area (Å²) >= 11 is 0. The SMILES string of the molecule is COc1ccc(C[NH2+][C@H]2C[C@@H](C)[NH+](C)C[C@H]2C)cc1OC. The van der Waals surface area contributed by atoms with Gasteiger partial charge in [-0.2, -0.15) is 0 Å². The minimum atomic E-state index is 0.719. The summed E-state index contributed by atoms with van der Waals surface area (Å²) in [4.78, 5) is 1.67. The molecule has 0 aliphatic carbocycles. The fraction of sp³-hybridized carbons (Fsp3) is 0.647. The van der Waals surface area contributed by atoms with E-state index in [2.05, 4.69) is 38.3 Å². The van der Waals surface area contributed by atoms with Gasteiger partial charge < -0.3 is 19.7 Å². The van der Waals surface area contributed by atoms with Gasteiger partial charge in [-0.3, -0.25) is 0 Å². The van der Waals surface area contributed by atoms with E-state index in [1.54, 1.807) is 19.1 Å². The Labute approximate surface area is 128 Å². The number of quaternary nitrogens is 2. The molecule has 1 fully saturated rings. The van der Waals surface area contributed by atoms with Crippen molar-refractivity contribution in [1.29, 1.82) is 0 Å². The van der Waals surface area contributed by atoms with Crippen LogP contribution in [0.25, 0.3) is 0 Å². The maximum atomic E-state index is 5.38. The van der Waals surface area contributed by atoms with Gasteiger partial charge in [-0.05, 0) is 25.1 Å². The van der Waals surface area contributed by atoms with Gasteiger partial charge in [-0.1, -0.05) is 6.92 Å². The first-order valence-electron chi connectivity index (χ1n) is 7.91. The quantitative estimate of drug-likeness (QED) is 0.807. The first-order valence-corrected chi connectivity index (χ1v) is 7.91. The Balaban J connectivity index is 1.96. The first kappa shape index (κ1) is 16.1. The molecule has 3 N–H and O–H groups in total. The highest BCUT2D eigenvalue weighted by Crippen LogP contribution is 2.27. The monoisotopic (exact) mass is 294 g/mol. The highest BCUT2D eigenvalue weighted by atomic mass is 16.5. The number of likely N-dealkylation sites (tertiary alicyclic amines) is 1. The lowest BCUT2D eigenvalue weighted by molar-refractivity contribution is -0.923. The largest absolute Gasteiger partial charge is 0.493 e. The van der Waals surface area contributed by atoms with Crippen molar-refractivity contribution in [1.82, 2.24) is 0 Å². The van der Waals surface area contributed by atoms with E-state index in [0.29, 0.717) is 0 Å². The van der Waals surface area contributed by atoms with E-state index in [1.165, 1.54) is 18.5 Å². The lowest BCUT2D eigenvalue weighted by Gasteiger charge is -2.35. The second-order valence-corrected chi connectivity index (χ2v) is 6.46. The second-order valence-electron chi connectivity index (χ2n) is 6.46. The van der Waals surface area contributed by atoms with Crippen LogP contribution in [-0.2, 0) is 6.54 Å². The molecule has 0 aromatic heterocycles. The Hall–Kier alpha value is -1.26. The molecule has 0 amide bonds. The Morgan fingerprint density at radius 2 is 1.90 bits per heavy atom. The summed E-state index contributed by atoms with van der Waals surface area (Å²) in [5.41, 5.74) is 1.29. The van der Waals surface area contributed by atoms with Gasteiger partial charge in [0.25, 0.3) is 0 Å². The summed E-state index contributed by atoms with van der Waals surface area (Å²) < 4.78 is 10.7. The van der Waals surface area contributed by atoms with Crippen molar-refractivity contribution in [3.05, 3.63) is 23.8 Å². The molecular weight excluding hydrogens is 264 g/mol. The molecular formula is C17H30N2O2+2. The maximum absolute atomic E-state index is 5.38. The van der Waals surface area contributed by atoms with Crippen LogP contribution < -0.4 is 19.7 Å². The maximum Gasteiger partial charge on any atom is 0.161 e. The van der Waals surface area contributed by atoms with Crippen LogP contribution in [0.2, 0.25) is 0 Å². The highest BCUT2D eigenvalue weighted by molar-refractivity contribution is 5.42. The minimum Gasteiger partial charge on any atom is -0.493 e. The molecule has 0 bridgehead atoms. The number of nitrogens with two attached hydrogens (primary N) is 1. The van der Waals surface area contributed by atoms with E-state index in [9.17, 15) is 0 Å². The highest BCUT2D eigenvalue weighted by Gasteiger charge is 2.34. The summed E-state index contributed by atoms with van der Waals surface area (Å²) in [5, 5.41) is 2.49. The number of ether oxygens (including phenoxy) is 2. The van der Waals surface area contributed by atoms with E-state index in [0.717, 1.165) is 36.0 Å². The van der Waals surface area contributed by atoms with Crippen molar-refractivity contribution in [2.45, 2.75) is 38.9 Å². The van der Waals surface area contributed by atoms with Crippen molar-refractivity contribution in [2.75, 3.05) is 27.8 Å². The van der Waals surface area contributed by atoms with Gasteiger partial charge in [0.15, 0.2) is 11.5 Å². The van der Waals surface area contributed by atoms with Gasteiger partial charge in [0.05, 0.1) is 52.2 Å². The number of piperidine rings is 1. The fourth-order valence-electron chi connectivity index (χ4n) is 3.33. The number of hydrogen-bond donors (Lipinski definition) is 2. The van der Waals surface area contributed by atoms with Crippen molar-refractivity contribution < 1.29 is 19.7 Å². The number of hydrogen-bond acceptors (Lipinski definition) is 2. The van der Waals surface area contributed by atoms with Crippen LogP contribution in [0.4, 0.5) is 0 Å². The third kappa shape index (κ3) is 3.89. The van der Waals surface area contributed by atoms with E-state index in [-0.39, 0.29) is 0 Å². The number of rotatable bonds is 5. The molecule has 1 aliphatic rings. The molecule has 21 heavy (non-hydrogen) atoms. The summed E-state index contributed by atoms with van der Waals surface area (Å²) in [5.74, 6) is 2.38. The molecule has 1 heterocycles. The van der Waals surface area contributed by atoms with Gasteiger partial charge in [0, 0.05) is 5.56 Å². The molecule has 4 heteroatoms. The number of nitrogens with one attached hydrogen (secondary N) is 1. The molecule has 1 aromatic rings. The fourth-order valence-corrected chi connectivity index (χ4v) is 3.33. The molecule has 0 radical (unpaired) electrons. The number of benzene rings is 1. The van der Waals surface area contributed by atoms with Crippen molar-refractivity contribution in [3.63, 3.8) is 0 Å². The van der Waals surface area contributed by atoms with Gasteiger partial charge in [0.1, 0.15) is 6.54 Å². The van der Waals surface area contributed by atoms with E-state index < -0.39 is 0 Å². The predicted octanol–water partition coefficient (Wildman–Crippen LogP) is 0.0788. The van der Waals surface area contributed by atoms with Gasteiger partial charge >= 0.3 is 0 Å². The predicted molar refractivity (Wildman–Crippen MR) is 84.0 cm³/mol. The number of methoxy groups -OCH3 is 2. The lowest BCUT2D eigenvalue weighted by atomic mass is 9.89. The molecule has 1 saturated heterocycles.